The van der Waals surface area contributed by atoms with E-state index in [-0.39, 0.29) is 12.4 Å². The zero-order valence-electron chi connectivity index (χ0n) is 7.19. The van der Waals surface area contributed by atoms with E-state index in [1.54, 1.807) is 18.3 Å². The summed E-state index contributed by atoms with van der Waals surface area (Å²) < 4.78 is 9.41. The van der Waals surface area contributed by atoms with Gasteiger partial charge in [0.05, 0.1) is 7.11 Å². The van der Waals surface area contributed by atoms with E-state index >= 15 is 0 Å². The maximum absolute atomic E-state index is 10.7. The van der Waals surface area contributed by atoms with E-state index in [9.17, 15) is 4.79 Å². The molecule has 0 saturated heterocycles. The summed E-state index contributed by atoms with van der Waals surface area (Å²) in [4.78, 5) is 14.5. The predicted octanol–water partition coefficient (Wildman–Crippen LogP) is 0.216. The predicted molar refractivity (Wildman–Crippen MR) is 46.2 cm³/mol. The van der Waals surface area contributed by atoms with Crippen molar-refractivity contribution in [2.75, 3.05) is 19.5 Å². The number of ether oxygens (including phenoxy) is 2. The number of nitrogen functional groups attached to an aromatic ring is 1. The van der Waals surface area contributed by atoms with Gasteiger partial charge in [0.25, 0.3) is 0 Å². The van der Waals surface area contributed by atoms with E-state index in [2.05, 4.69) is 9.72 Å². The first-order valence-electron chi connectivity index (χ1n) is 3.64. The van der Waals surface area contributed by atoms with Crippen molar-refractivity contribution in [1.29, 1.82) is 0 Å². The van der Waals surface area contributed by atoms with Gasteiger partial charge in [0.1, 0.15) is 0 Å². The maximum Gasteiger partial charge on any atom is 0.343 e. The summed E-state index contributed by atoms with van der Waals surface area (Å²) in [7, 11) is 1.29. The second kappa shape index (κ2) is 4.30. The van der Waals surface area contributed by atoms with Crippen LogP contribution in [-0.4, -0.2) is 24.7 Å². The Morgan fingerprint density at radius 3 is 3.08 bits per heavy atom. The summed E-state index contributed by atoms with van der Waals surface area (Å²) in [6.07, 6.45) is 1.54. The van der Waals surface area contributed by atoms with Crippen LogP contribution in [0, 0.1) is 0 Å². The van der Waals surface area contributed by atoms with Gasteiger partial charge in [-0.25, -0.2) is 9.78 Å². The molecule has 0 spiro atoms. The Hall–Kier alpha value is -1.78. The molecule has 1 heterocycles. The van der Waals surface area contributed by atoms with Gasteiger partial charge < -0.3 is 15.2 Å². The fraction of sp³-hybridized carbons (Fsp3) is 0.250. The SMILES string of the molecule is COC(=O)COc1cccnc1N. The standard InChI is InChI=1S/C8H10N2O3/c1-12-7(11)5-13-6-3-2-4-10-8(6)9/h2-4H,5H2,1H3,(H2,9,10). The Morgan fingerprint density at radius 1 is 1.69 bits per heavy atom. The number of esters is 1. The maximum atomic E-state index is 10.7. The third-order valence-electron chi connectivity index (χ3n) is 1.37. The summed E-state index contributed by atoms with van der Waals surface area (Å²) >= 11 is 0. The van der Waals surface area contributed by atoms with E-state index in [0.29, 0.717) is 5.75 Å². The molecule has 0 saturated carbocycles. The molecular weight excluding hydrogens is 172 g/mol. The minimum Gasteiger partial charge on any atom is -0.478 e. The molecule has 0 aliphatic heterocycles. The summed E-state index contributed by atoms with van der Waals surface area (Å²) in [6.45, 7) is -0.160. The van der Waals surface area contributed by atoms with Crippen molar-refractivity contribution in [2.45, 2.75) is 0 Å². The largest absolute Gasteiger partial charge is 0.478 e. The van der Waals surface area contributed by atoms with Crippen LogP contribution in [0.1, 0.15) is 0 Å². The molecule has 1 aromatic heterocycles. The molecule has 0 fully saturated rings. The van der Waals surface area contributed by atoms with Gasteiger partial charge >= 0.3 is 5.97 Å². The number of methoxy groups -OCH3 is 1. The minimum atomic E-state index is -0.455. The van der Waals surface area contributed by atoms with Gasteiger partial charge in [-0.2, -0.15) is 0 Å². The van der Waals surface area contributed by atoms with Crippen LogP contribution in [0.25, 0.3) is 0 Å². The Morgan fingerprint density at radius 2 is 2.46 bits per heavy atom. The Labute approximate surface area is 75.5 Å². The number of pyridine rings is 1. The van der Waals surface area contributed by atoms with Crippen LogP contribution in [0.2, 0.25) is 0 Å². The second-order valence-corrected chi connectivity index (χ2v) is 2.25. The zero-order valence-corrected chi connectivity index (χ0v) is 7.19. The lowest BCUT2D eigenvalue weighted by Gasteiger charge is -2.05. The molecule has 0 atom stereocenters. The van der Waals surface area contributed by atoms with Gasteiger partial charge in [0, 0.05) is 6.20 Å². The summed E-state index contributed by atoms with van der Waals surface area (Å²) in [5.41, 5.74) is 5.46. The molecule has 0 bridgehead atoms. The van der Waals surface area contributed by atoms with Gasteiger partial charge in [-0.05, 0) is 12.1 Å². The van der Waals surface area contributed by atoms with Gasteiger partial charge in [-0.3, -0.25) is 0 Å². The van der Waals surface area contributed by atoms with Crippen LogP contribution in [0.4, 0.5) is 5.82 Å². The highest BCUT2D eigenvalue weighted by Crippen LogP contribution is 2.16. The molecular formula is C8H10N2O3. The average molecular weight is 182 g/mol. The Bertz CT molecular complexity index is 301. The number of anilines is 1. The van der Waals surface area contributed by atoms with Crippen molar-refractivity contribution in [1.82, 2.24) is 4.98 Å². The van der Waals surface area contributed by atoms with Gasteiger partial charge in [-0.1, -0.05) is 0 Å². The number of hydrogen-bond donors (Lipinski definition) is 1. The molecule has 5 heteroatoms. The van der Waals surface area contributed by atoms with Crippen LogP contribution in [0.15, 0.2) is 18.3 Å². The second-order valence-electron chi connectivity index (χ2n) is 2.25. The van der Waals surface area contributed by atoms with Crippen molar-refractivity contribution < 1.29 is 14.3 Å². The molecule has 0 radical (unpaired) electrons. The molecule has 1 rings (SSSR count). The molecule has 70 valence electrons. The number of nitrogens with zero attached hydrogens (tertiary/aromatic N) is 1. The molecule has 0 aromatic carbocycles. The molecule has 0 aliphatic carbocycles. The summed E-state index contributed by atoms with van der Waals surface area (Å²) in [5.74, 6) is 0.183. The summed E-state index contributed by atoms with van der Waals surface area (Å²) in [5, 5.41) is 0. The smallest absolute Gasteiger partial charge is 0.343 e. The van der Waals surface area contributed by atoms with Crippen molar-refractivity contribution in [3.8, 4) is 5.75 Å². The lowest BCUT2D eigenvalue weighted by Crippen LogP contribution is -2.13. The quantitative estimate of drug-likeness (QED) is 0.676. The highest BCUT2D eigenvalue weighted by Gasteiger charge is 2.04. The number of aromatic nitrogens is 1. The fourth-order valence-corrected chi connectivity index (χ4v) is 0.720. The first kappa shape index (κ1) is 9.31. The van der Waals surface area contributed by atoms with Crippen LogP contribution in [0.5, 0.6) is 5.75 Å². The van der Waals surface area contributed by atoms with Crippen LogP contribution in [-0.2, 0) is 9.53 Å². The molecule has 0 amide bonds. The molecule has 0 unspecified atom stereocenters. The van der Waals surface area contributed by atoms with Crippen molar-refractivity contribution in [3.63, 3.8) is 0 Å². The number of carbonyl (C=O) groups excluding carboxylic acids is 1. The molecule has 13 heavy (non-hydrogen) atoms. The topological polar surface area (TPSA) is 74.4 Å². The number of hydrogen-bond acceptors (Lipinski definition) is 5. The minimum absolute atomic E-state index is 0.160. The van der Waals surface area contributed by atoms with E-state index < -0.39 is 5.97 Å². The lowest BCUT2D eigenvalue weighted by molar-refractivity contribution is -0.142. The van der Waals surface area contributed by atoms with Gasteiger partial charge in [0.15, 0.2) is 18.2 Å². The highest BCUT2D eigenvalue weighted by atomic mass is 16.6. The van der Waals surface area contributed by atoms with Crippen molar-refractivity contribution >= 4 is 11.8 Å². The Kier molecular flexibility index (Phi) is 3.08. The van der Waals surface area contributed by atoms with Crippen LogP contribution < -0.4 is 10.5 Å². The third kappa shape index (κ3) is 2.62. The highest BCUT2D eigenvalue weighted by molar-refractivity contribution is 5.71. The van der Waals surface area contributed by atoms with E-state index in [0.717, 1.165) is 0 Å². The lowest BCUT2D eigenvalue weighted by atomic mass is 10.4. The normalized spacial score (nSPS) is 9.31. The third-order valence-corrected chi connectivity index (χ3v) is 1.37. The van der Waals surface area contributed by atoms with E-state index in [1.807, 2.05) is 0 Å². The monoisotopic (exact) mass is 182 g/mol. The van der Waals surface area contributed by atoms with Crippen molar-refractivity contribution in [3.05, 3.63) is 18.3 Å². The fourth-order valence-electron chi connectivity index (χ4n) is 0.720. The first-order valence-corrected chi connectivity index (χ1v) is 3.64. The molecule has 5 nitrogen and oxygen atoms in total. The van der Waals surface area contributed by atoms with Crippen LogP contribution >= 0.6 is 0 Å². The molecule has 0 aliphatic rings. The van der Waals surface area contributed by atoms with Gasteiger partial charge in [-0.15, -0.1) is 0 Å². The Balaban J connectivity index is 2.54. The molecule has 2 N–H and O–H groups in total. The number of rotatable bonds is 3. The first-order chi connectivity index (χ1) is 6.24. The van der Waals surface area contributed by atoms with Gasteiger partial charge in [0.2, 0.25) is 0 Å². The van der Waals surface area contributed by atoms with Crippen molar-refractivity contribution in [2.24, 2.45) is 0 Å². The number of nitrogens with two attached hydrogens (primary N) is 1. The van der Waals surface area contributed by atoms with Crippen LogP contribution in [0.3, 0.4) is 0 Å². The summed E-state index contributed by atoms with van der Waals surface area (Å²) in [6, 6.07) is 3.30. The average Bonchev–Trinajstić information content (AvgIpc) is 2.16. The molecule has 1 aromatic rings. The zero-order chi connectivity index (χ0) is 9.68. The number of carbonyl (C=O) groups is 1. The van der Waals surface area contributed by atoms with E-state index in [1.165, 1.54) is 7.11 Å². The van der Waals surface area contributed by atoms with E-state index in [4.69, 9.17) is 10.5 Å².